The van der Waals surface area contributed by atoms with Crippen molar-refractivity contribution in [2.75, 3.05) is 0 Å². The number of hydrogen-bond acceptors (Lipinski definition) is 3. The Kier molecular flexibility index (Phi) is 5.15. The summed E-state index contributed by atoms with van der Waals surface area (Å²) in [4.78, 5) is 17.9. The number of thiophene rings is 1. The van der Waals surface area contributed by atoms with Crippen LogP contribution in [0.2, 0.25) is 4.34 Å². The summed E-state index contributed by atoms with van der Waals surface area (Å²) in [6.07, 6.45) is 2.93. The molecule has 20 heavy (non-hydrogen) atoms. The van der Waals surface area contributed by atoms with Crippen molar-refractivity contribution < 1.29 is 4.79 Å². The van der Waals surface area contributed by atoms with E-state index in [0.29, 0.717) is 18.3 Å². The molecule has 0 unspecified atom stereocenters. The molecule has 0 aliphatic rings. The molecule has 0 aliphatic carbocycles. The van der Waals surface area contributed by atoms with Crippen molar-refractivity contribution >= 4 is 28.8 Å². The maximum atomic E-state index is 12.3. The summed E-state index contributed by atoms with van der Waals surface area (Å²) < 4.78 is 2.38. The van der Waals surface area contributed by atoms with Gasteiger partial charge >= 0.3 is 0 Å². The second-order valence-corrected chi connectivity index (χ2v) is 6.55. The Hall–Kier alpha value is -1.39. The number of hydrogen-bond donors (Lipinski definition) is 0. The quantitative estimate of drug-likeness (QED) is 0.846. The number of pyridine rings is 1. The topological polar surface area (TPSA) is 34.4 Å². The van der Waals surface area contributed by atoms with Gasteiger partial charge in [0.05, 0.1) is 4.34 Å². The highest BCUT2D eigenvalue weighted by Gasteiger charge is 2.07. The number of nitrogens with zero attached hydrogens (tertiary/aromatic N) is 2. The molecule has 0 aliphatic heterocycles. The Morgan fingerprint density at radius 1 is 1.35 bits per heavy atom. The standard InChI is InChI=1S/C15H17ClN2OS/c1-11(2)17-14-5-3-4-10-18(14)15(19)9-7-12-6-8-13(16)20-12/h3-6,8,10-11H,7,9H2,1-2H3. The van der Waals surface area contributed by atoms with Gasteiger partial charge in [0.1, 0.15) is 5.49 Å². The van der Waals surface area contributed by atoms with Gasteiger partial charge in [0.2, 0.25) is 5.91 Å². The number of aromatic nitrogens is 1. The van der Waals surface area contributed by atoms with Gasteiger partial charge < -0.3 is 0 Å². The summed E-state index contributed by atoms with van der Waals surface area (Å²) in [5.74, 6) is 0.0505. The molecule has 0 bridgehead atoms. The van der Waals surface area contributed by atoms with Crippen LogP contribution in [0.4, 0.5) is 0 Å². The molecule has 106 valence electrons. The third-order valence-electron chi connectivity index (χ3n) is 2.71. The molecule has 0 saturated carbocycles. The molecule has 2 aromatic rings. The minimum absolute atomic E-state index is 0.0505. The van der Waals surface area contributed by atoms with Crippen molar-refractivity contribution in [3.05, 3.63) is 51.2 Å². The zero-order valence-corrected chi connectivity index (χ0v) is 13.1. The SMILES string of the molecule is CC(C)N=c1ccccn1C(=O)CCc1ccc(Cl)s1. The van der Waals surface area contributed by atoms with E-state index >= 15 is 0 Å². The zero-order valence-electron chi connectivity index (χ0n) is 11.5. The van der Waals surface area contributed by atoms with Crippen LogP contribution in [0.15, 0.2) is 41.5 Å². The molecule has 0 N–H and O–H groups in total. The smallest absolute Gasteiger partial charge is 0.232 e. The molecule has 3 nitrogen and oxygen atoms in total. The first-order chi connectivity index (χ1) is 9.56. The molecule has 5 heteroatoms. The molecular formula is C15H17ClN2OS. The Balaban J connectivity index is 2.13. The lowest BCUT2D eigenvalue weighted by atomic mass is 10.2. The normalized spacial score (nSPS) is 12.1. The lowest BCUT2D eigenvalue weighted by Gasteiger charge is -2.06. The average Bonchev–Trinajstić information content (AvgIpc) is 2.82. The number of rotatable bonds is 4. The maximum absolute atomic E-state index is 12.3. The van der Waals surface area contributed by atoms with Crippen LogP contribution in [0.25, 0.3) is 0 Å². The Labute approximate surface area is 127 Å². The second-order valence-electron chi connectivity index (χ2n) is 4.75. The van der Waals surface area contributed by atoms with Crippen LogP contribution in [-0.2, 0) is 6.42 Å². The largest absolute Gasteiger partial charge is 0.274 e. The molecule has 2 aromatic heterocycles. The van der Waals surface area contributed by atoms with Gasteiger partial charge in [-0.05, 0) is 44.5 Å². The third-order valence-corrected chi connectivity index (χ3v) is 4.00. The fourth-order valence-corrected chi connectivity index (χ4v) is 2.94. The van der Waals surface area contributed by atoms with Crippen LogP contribution in [0, 0.1) is 0 Å². The van der Waals surface area contributed by atoms with Crippen LogP contribution in [0.5, 0.6) is 0 Å². The molecule has 0 spiro atoms. The second kappa shape index (κ2) is 6.86. The van der Waals surface area contributed by atoms with Crippen LogP contribution in [-0.4, -0.2) is 16.5 Å². The van der Waals surface area contributed by atoms with Crippen LogP contribution in [0.1, 0.15) is 29.9 Å². The van der Waals surface area contributed by atoms with E-state index in [1.165, 1.54) is 11.3 Å². The van der Waals surface area contributed by atoms with Crippen molar-refractivity contribution in [1.29, 1.82) is 0 Å². The van der Waals surface area contributed by atoms with E-state index in [0.717, 1.165) is 9.21 Å². The summed E-state index contributed by atoms with van der Waals surface area (Å²) in [7, 11) is 0. The lowest BCUT2D eigenvalue weighted by molar-refractivity contribution is 0.0897. The van der Waals surface area contributed by atoms with E-state index < -0.39 is 0 Å². The summed E-state index contributed by atoms with van der Waals surface area (Å²) in [5, 5.41) is 0. The van der Waals surface area contributed by atoms with Crippen molar-refractivity contribution in [2.24, 2.45) is 4.99 Å². The van der Waals surface area contributed by atoms with Gasteiger partial charge in [-0.15, -0.1) is 11.3 Å². The predicted molar refractivity (Wildman–Crippen MR) is 83.4 cm³/mol. The summed E-state index contributed by atoms with van der Waals surface area (Å²) in [6.45, 7) is 3.99. The first kappa shape index (κ1) is 15.0. The van der Waals surface area contributed by atoms with Gasteiger partial charge in [0.15, 0.2) is 0 Å². The van der Waals surface area contributed by atoms with E-state index in [2.05, 4.69) is 4.99 Å². The van der Waals surface area contributed by atoms with E-state index in [-0.39, 0.29) is 11.9 Å². The highest BCUT2D eigenvalue weighted by atomic mass is 35.5. The van der Waals surface area contributed by atoms with Crippen LogP contribution >= 0.6 is 22.9 Å². The van der Waals surface area contributed by atoms with Crippen molar-refractivity contribution in [3.63, 3.8) is 0 Å². The van der Waals surface area contributed by atoms with E-state index in [1.807, 2.05) is 44.2 Å². The molecule has 0 amide bonds. The fraction of sp³-hybridized carbons (Fsp3) is 0.333. The molecule has 0 atom stereocenters. The first-order valence-electron chi connectivity index (χ1n) is 6.55. The third kappa shape index (κ3) is 4.05. The molecule has 0 radical (unpaired) electrons. The van der Waals surface area contributed by atoms with Crippen LogP contribution < -0.4 is 5.49 Å². The summed E-state index contributed by atoms with van der Waals surface area (Å²) in [5.41, 5.74) is 0.705. The average molecular weight is 309 g/mol. The molecule has 2 heterocycles. The van der Waals surface area contributed by atoms with Crippen molar-refractivity contribution in [2.45, 2.75) is 32.7 Å². The van der Waals surface area contributed by atoms with Crippen molar-refractivity contribution in [1.82, 2.24) is 4.57 Å². The van der Waals surface area contributed by atoms with Gasteiger partial charge in [-0.1, -0.05) is 17.7 Å². The van der Waals surface area contributed by atoms with Gasteiger partial charge in [0.25, 0.3) is 0 Å². The zero-order chi connectivity index (χ0) is 14.5. The van der Waals surface area contributed by atoms with E-state index in [4.69, 9.17) is 11.6 Å². The molecule has 2 rings (SSSR count). The molecule has 0 fully saturated rings. The number of halogens is 1. The first-order valence-corrected chi connectivity index (χ1v) is 7.74. The van der Waals surface area contributed by atoms with Gasteiger partial charge in [0, 0.05) is 23.5 Å². The van der Waals surface area contributed by atoms with Gasteiger partial charge in [-0.3, -0.25) is 14.4 Å². The predicted octanol–water partition coefficient (Wildman–Crippen LogP) is 3.79. The number of carbonyl (C=O) groups is 1. The molecule has 0 saturated heterocycles. The fourth-order valence-electron chi connectivity index (χ4n) is 1.85. The van der Waals surface area contributed by atoms with Crippen LogP contribution in [0.3, 0.4) is 0 Å². The summed E-state index contributed by atoms with van der Waals surface area (Å²) >= 11 is 7.41. The molecule has 0 aromatic carbocycles. The lowest BCUT2D eigenvalue weighted by Crippen LogP contribution is -2.27. The minimum Gasteiger partial charge on any atom is -0.274 e. The highest BCUT2D eigenvalue weighted by molar-refractivity contribution is 7.16. The number of aryl methyl sites for hydroxylation is 1. The number of carbonyl (C=O) groups excluding carboxylic acids is 1. The van der Waals surface area contributed by atoms with E-state index in [9.17, 15) is 4.79 Å². The monoisotopic (exact) mass is 308 g/mol. The maximum Gasteiger partial charge on any atom is 0.232 e. The van der Waals surface area contributed by atoms with Crippen molar-refractivity contribution in [3.8, 4) is 0 Å². The van der Waals surface area contributed by atoms with E-state index in [1.54, 1.807) is 10.8 Å². The van der Waals surface area contributed by atoms with Gasteiger partial charge in [-0.2, -0.15) is 0 Å². The Morgan fingerprint density at radius 3 is 2.80 bits per heavy atom. The minimum atomic E-state index is 0.0505. The molecular weight excluding hydrogens is 292 g/mol. The van der Waals surface area contributed by atoms with Gasteiger partial charge in [-0.25, -0.2) is 0 Å². The summed E-state index contributed by atoms with van der Waals surface area (Å²) in [6, 6.07) is 9.59. The Morgan fingerprint density at radius 2 is 2.15 bits per heavy atom. The Bertz CT molecular complexity index is 658. The highest BCUT2D eigenvalue weighted by Crippen LogP contribution is 2.22.